The average Bonchev–Trinajstić information content (AvgIpc) is 3.02. The predicted octanol–water partition coefficient (Wildman–Crippen LogP) is 1.42. The molecule has 0 saturated heterocycles. The number of benzene rings is 2. The fourth-order valence-corrected chi connectivity index (χ4v) is 3.52. The Morgan fingerprint density at radius 1 is 1.00 bits per heavy atom. The van der Waals surface area contributed by atoms with Crippen molar-refractivity contribution in [1.82, 2.24) is 10.6 Å². The van der Waals surface area contributed by atoms with Crippen LogP contribution in [0.4, 0.5) is 4.79 Å². The van der Waals surface area contributed by atoms with E-state index < -0.39 is 24.0 Å². The van der Waals surface area contributed by atoms with Gasteiger partial charge in [-0.2, -0.15) is 0 Å². The summed E-state index contributed by atoms with van der Waals surface area (Å²) in [6.07, 6.45) is -0.739. The first kappa shape index (κ1) is 20.4. The number of fused-ring (bicyclic) bond motifs is 3. The third-order valence-corrected chi connectivity index (χ3v) is 4.97. The Bertz CT molecular complexity index is 879. The van der Waals surface area contributed by atoms with Crippen molar-refractivity contribution < 1.29 is 24.2 Å². The van der Waals surface area contributed by atoms with Gasteiger partial charge in [0.15, 0.2) is 0 Å². The Kier molecular flexibility index (Phi) is 6.16. The van der Waals surface area contributed by atoms with Gasteiger partial charge in [0.1, 0.15) is 13.2 Å². The van der Waals surface area contributed by atoms with Gasteiger partial charge in [-0.05, 0) is 28.2 Å². The van der Waals surface area contributed by atoms with Crippen molar-refractivity contribution >= 4 is 18.0 Å². The first-order valence-corrected chi connectivity index (χ1v) is 9.47. The molecule has 0 aliphatic heterocycles. The summed E-state index contributed by atoms with van der Waals surface area (Å²) in [5, 5.41) is 15.7. The monoisotopic (exact) mass is 395 g/mol. The molecule has 0 saturated carbocycles. The molecule has 2 aromatic rings. The second kappa shape index (κ2) is 8.77. The van der Waals surface area contributed by atoms with Gasteiger partial charge >= 0.3 is 6.09 Å². The molecule has 152 valence electrons. The summed E-state index contributed by atoms with van der Waals surface area (Å²) in [7, 11) is 0. The molecule has 0 radical (unpaired) electrons. The fourth-order valence-electron chi connectivity index (χ4n) is 3.52. The number of aliphatic carboxylic acids is 1. The average molecular weight is 395 g/mol. The molecule has 2 amide bonds. The van der Waals surface area contributed by atoms with Crippen LogP contribution in [0, 0.1) is 5.92 Å². The first-order chi connectivity index (χ1) is 13.9. The minimum atomic E-state index is -1.37. The molecule has 3 rings (SSSR count). The number of rotatable bonds is 7. The van der Waals surface area contributed by atoms with Crippen LogP contribution in [0.3, 0.4) is 0 Å². The molecule has 0 heterocycles. The van der Waals surface area contributed by atoms with Crippen LogP contribution < -0.4 is 15.7 Å². The smallest absolute Gasteiger partial charge is 0.407 e. The zero-order valence-electron chi connectivity index (χ0n) is 16.3. The minimum Gasteiger partial charge on any atom is -0.548 e. The molecule has 1 aliphatic carbocycles. The molecular formula is C22H23N2O5-. The number of nitrogens with one attached hydrogen (secondary N) is 2. The van der Waals surface area contributed by atoms with Crippen molar-refractivity contribution in [2.75, 3.05) is 13.2 Å². The van der Waals surface area contributed by atoms with E-state index in [0.29, 0.717) is 0 Å². The maximum Gasteiger partial charge on any atom is 0.407 e. The van der Waals surface area contributed by atoms with E-state index in [4.69, 9.17) is 4.74 Å². The second-order valence-electron chi connectivity index (χ2n) is 7.29. The van der Waals surface area contributed by atoms with Crippen LogP contribution in [0.15, 0.2) is 48.5 Å². The molecule has 0 fully saturated rings. The van der Waals surface area contributed by atoms with Gasteiger partial charge in [-0.25, -0.2) is 4.79 Å². The van der Waals surface area contributed by atoms with E-state index >= 15 is 0 Å². The largest absolute Gasteiger partial charge is 0.548 e. The number of carboxylic acid groups (broad SMARTS) is 1. The number of hydrogen-bond donors (Lipinski definition) is 2. The Hall–Kier alpha value is -3.35. The quantitative estimate of drug-likeness (QED) is 0.737. The number of carboxylic acids is 1. The van der Waals surface area contributed by atoms with E-state index in [2.05, 4.69) is 10.6 Å². The van der Waals surface area contributed by atoms with Gasteiger partial charge in [0.2, 0.25) is 5.91 Å². The summed E-state index contributed by atoms with van der Waals surface area (Å²) in [6, 6.07) is 14.8. The predicted molar refractivity (Wildman–Crippen MR) is 105 cm³/mol. The van der Waals surface area contributed by atoms with Crippen LogP contribution in [-0.2, 0) is 14.3 Å². The summed E-state index contributed by atoms with van der Waals surface area (Å²) < 4.78 is 5.33. The minimum absolute atomic E-state index is 0.0783. The molecule has 7 heteroatoms. The lowest BCUT2D eigenvalue weighted by Gasteiger charge is -2.23. The lowest BCUT2D eigenvalue weighted by atomic mass is 9.98. The zero-order valence-corrected chi connectivity index (χ0v) is 16.3. The Morgan fingerprint density at radius 3 is 2.07 bits per heavy atom. The SMILES string of the molecule is CC(C)[C@H](NC(=O)CNC(=O)OCC1c2ccccc2-c2ccccc21)C(=O)[O-]. The van der Waals surface area contributed by atoms with Gasteiger partial charge in [0.25, 0.3) is 0 Å². The lowest BCUT2D eigenvalue weighted by Crippen LogP contribution is -2.52. The summed E-state index contributed by atoms with van der Waals surface area (Å²) in [5.74, 6) is -2.40. The number of carbonyl (C=O) groups excluding carboxylic acids is 3. The molecule has 0 aromatic heterocycles. The molecule has 2 aromatic carbocycles. The highest BCUT2D eigenvalue weighted by Crippen LogP contribution is 2.44. The molecule has 1 atom stereocenters. The molecule has 7 nitrogen and oxygen atoms in total. The van der Waals surface area contributed by atoms with Gasteiger partial charge in [-0.3, -0.25) is 4.79 Å². The third-order valence-electron chi connectivity index (χ3n) is 4.97. The van der Waals surface area contributed by atoms with Crippen molar-refractivity contribution in [3.8, 4) is 11.1 Å². The molecular weight excluding hydrogens is 372 g/mol. The van der Waals surface area contributed by atoms with Crippen LogP contribution in [-0.4, -0.2) is 37.2 Å². The first-order valence-electron chi connectivity index (χ1n) is 9.47. The summed E-state index contributed by atoms with van der Waals surface area (Å²) >= 11 is 0. The van der Waals surface area contributed by atoms with Gasteiger partial charge in [0, 0.05) is 5.92 Å². The normalized spacial score (nSPS) is 13.3. The Balaban J connectivity index is 1.55. The molecule has 0 unspecified atom stereocenters. The number of hydrogen-bond acceptors (Lipinski definition) is 5. The number of alkyl carbamates (subject to hydrolysis) is 1. The summed E-state index contributed by atoms with van der Waals surface area (Å²) in [5.41, 5.74) is 4.43. The van der Waals surface area contributed by atoms with E-state index in [9.17, 15) is 19.5 Å². The maximum absolute atomic E-state index is 12.0. The van der Waals surface area contributed by atoms with E-state index in [1.807, 2.05) is 48.5 Å². The lowest BCUT2D eigenvalue weighted by molar-refractivity contribution is -0.309. The highest BCUT2D eigenvalue weighted by molar-refractivity contribution is 5.86. The van der Waals surface area contributed by atoms with Crippen molar-refractivity contribution in [2.24, 2.45) is 5.92 Å². The summed E-state index contributed by atoms with van der Waals surface area (Å²) in [4.78, 5) is 34.9. The van der Waals surface area contributed by atoms with E-state index in [1.165, 1.54) is 0 Å². The number of amides is 2. The Morgan fingerprint density at radius 2 is 1.55 bits per heavy atom. The Labute approximate surface area is 169 Å². The summed E-state index contributed by atoms with van der Waals surface area (Å²) in [6.45, 7) is 3.06. The molecule has 0 spiro atoms. The fraction of sp³-hybridized carbons (Fsp3) is 0.318. The van der Waals surface area contributed by atoms with Crippen LogP contribution in [0.2, 0.25) is 0 Å². The molecule has 1 aliphatic rings. The van der Waals surface area contributed by atoms with Gasteiger partial charge in [0.05, 0.1) is 12.0 Å². The van der Waals surface area contributed by atoms with Crippen molar-refractivity contribution in [3.63, 3.8) is 0 Å². The van der Waals surface area contributed by atoms with E-state index in [1.54, 1.807) is 13.8 Å². The molecule has 2 N–H and O–H groups in total. The van der Waals surface area contributed by atoms with E-state index in [0.717, 1.165) is 22.3 Å². The van der Waals surface area contributed by atoms with Crippen molar-refractivity contribution in [3.05, 3.63) is 59.7 Å². The standard InChI is InChI=1S/C22H24N2O5/c1-13(2)20(21(26)27)24-19(25)11-23-22(28)29-12-18-16-9-5-3-7-14(16)15-8-4-6-10-17(15)18/h3-10,13,18,20H,11-12H2,1-2H3,(H,23,28)(H,24,25)(H,26,27)/p-1/t20-/m0/s1. The van der Waals surface area contributed by atoms with E-state index in [-0.39, 0.29) is 25.0 Å². The number of carbonyl (C=O) groups is 3. The second-order valence-corrected chi connectivity index (χ2v) is 7.29. The van der Waals surface area contributed by atoms with Crippen molar-refractivity contribution in [2.45, 2.75) is 25.8 Å². The van der Waals surface area contributed by atoms with Crippen molar-refractivity contribution in [1.29, 1.82) is 0 Å². The number of ether oxygens (including phenoxy) is 1. The van der Waals surface area contributed by atoms with Gasteiger partial charge in [-0.15, -0.1) is 0 Å². The maximum atomic E-state index is 12.0. The van der Waals surface area contributed by atoms with Crippen LogP contribution in [0.5, 0.6) is 0 Å². The molecule has 0 bridgehead atoms. The van der Waals surface area contributed by atoms with Crippen LogP contribution in [0.1, 0.15) is 30.9 Å². The van der Waals surface area contributed by atoms with Crippen LogP contribution in [0.25, 0.3) is 11.1 Å². The zero-order chi connectivity index (χ0) is 21.0. The third kappa shape index (κ3) is 4.56. The molecule has 29 heavy (non-hydrogen) atoms. The highest BCUT2D eigenvalue weighted by Gasteiger charge is 2.29. The highest BCUT2D eigenvalue weighted by atomic mass is 16.5. The van der Waals surface area contributed by atoms with Crippen LogP contribution >= 0.6 is 0 Å². The van der Waals surface area contributed by atoms with Gasteiger partial charge < -0.3 is 25.3 Å². The van der Waals surface area contributed by atoms with Gasteiger partial charge in [-0.1, -0.05) is 62.4 Å². The topological polar surface area (TPSA) is 108 Å².